The Labute approximate surface area is 143 Å². The summed E-state index contributed by atoms with van der Waals surface area (Å²) in [6.07, 6.45) is 3.88. The van der Waals surface area contributed by atoms with Crippen LogP contribution in [0.4, 0.5) is 5.82 Å². The third-order valence-corrected chi connectivity index (χ3v) is 5.97. The molecule has 1 fully saturated rings. The molecule has 1 amide bonds. The molecule has 1 atom stereocenters. The van der Waals surface area contributed by atoms with E-state index < -0.39 is 9.84 Å². The zero-order chi connectivity index (χ0) is 17.6. The number of sulfone groups is 1. The van der Waals surface area contributed by atoms with E-state index in [1.807, 2.05) is 6.92 Å². The average Bonchev–Trinajstić information content (AvgIpc) is 2.92. The minimum atomic E-state index is -3.03. The predicted octanol–water partition coefficient (Wildman–Crippen LogP) is 1.73. The summed E-state index contributed by atoms with van der Waals surface area (Å²) < 4.78 is 23.3. The van der Waals surface area contributed by atoms with Crippen molar-refractivity contribution in [2.24, 2.45) is 0 Å². The highest BCUT2D eigenvalue weighted by atomic mass is 32.2. The lowest BCUT2D eigenvalue weighted by atomic mass is 10.2. The molecular weight excluding hydrogens is 328 g/mol. The van der Waals surface area contributed by atoms with Gasteiger partial charge in [0.1, 0.15) is 5.82 Å². The van der Waals surface area contributed by atoms with E-state index in [1.54, 1.807) is 17.0 Å². The lowest BCUT2D eigenvalue weighted by Crippen LogP contribution is -2.41. The lowest BCUT2D eigenvalue weighted by Gasteiger charge is -2.26. The highest BCUT2D eigenvalue weighted by Crippen LogP contribution is 2.19. The van der Waals surface area contributed by atoms with Crippen molar-refractivity contribution in [1.29, 1.82) is 0 Å². The molecule has 2 heterocycles. The molecule has 0 aromatic carbocycles. The van der Waals surface area contributed by atoms with Crippen molar-refractivity contribution >= 4 is 21.6 Å². The third kappa shape index (κ3) is 4.90. The van der Waals surface area contributed by atoms with E-state index in [1.165, 1.54) is 0 Å². The smallest absolute Gasteiger partial charge is 0.274 e. The van der Waals surface area contributed by atoms with Gasteiger partial charge in [-0.05, 0) is 31.9 Å². The number of aromatic nitrogens is 2. The van der Waals surface area contributed by atoms with Crippen LogP contribution in [-0.2, 0) is 9.84 Å². The molecule has 1 unspecified atom stereocenters. The number of hydrogen-bond acceptors (Lipinski definition) is 6. The second-order valence-corrected chi connectivity index (χ2v) is 8.31. The largest absolute Gasteiger partial charge is 0.369 e. The molecule has 1 aromatic rings. The second kappa shape index (κ2) is 8.41. The van der Waals surface area contributed by atoms with Crippen LogP contribution in [0.2, 0.25) is 0 Å². The molecule has 1 aliphatic rings. The topological polar surface area (TPSA) is 92.3 Å². The van der Waals surface area contributed by atoms with Gasteiger partial charge in [-0.3, -0.25) is 4.79 Å². The van der Waals surface area contributed by atoms with Gasteiger partial charge in [-0.2, -0.15) is 0 Å². The monoisotopic (exact) mass is 354 g/mol. The van der Waals surface area contributed by atoms with Crippen LogP contribution in [-0.4, -0.2) is 60.1 Å². The van der Waals surface area contributed by atoms with E-state index in [2.05, 4.69) is 22.4 Å². The van der Waals surface area contributed by atoms with Crippen molar-refractivity contribution in [2.45, 2.75) is 45.6 Å². The first-order valence-electron chi connectivity index (χ1n) is 8.56. The van der Waals surface area contributed by atoms with E-state index in [0.29, 0.717) is 18.8 Å². The van der Waals surface area contributed by atoms with Gasteiger partial charge in [0.25, 0.3) is 5.91 Å². The molecule has 8 heteroatoms. The van der Waals surface area contributed by atoms with Gasteiger partial charge >= 0.3 is 0 Å². The molecule has 0 radical (unpaired) electrons. The zero-order valence-electron chi connectivity index (χ0n) is 14.4. The van der Waals surface area contributed by atoms with Gasteiger partial charge < -0.3 is 10.2 Å². The van der Waals surface area contributed by atoms with Crippen LogP contribution in [0.15, 0.2) is 12.1 Å². The molecule has 0 saturated carbocycles. The van der Waals surface area contributed by atoms with Crippen molar-refractivity contribution in [2.75, 3.05) is 29.9 Å². The average molecular weight is 354 g/mol. The van der Waals surface area contributed by atoms with Gasteiger partial charge in [0, 0.05) is 19.1 Å². The highest BCUT2D eigenvalue weighted by molar-refractivity contribution is 7.91. The number of amides is 1. The third-order valence-electron chi connectivity index (χ3n) is 4.22. The second-order valence-electron chi connectivity index (χ2n) is 6.09. The number of nitrogens with zero attached hydrogens (tertiary/aromatic N) is 3. The normalized spacial score (nSPS) is 19.2. The maximum atomic E-state index is 12.6. The van der Waals surface area contributed by atoms with E-state index in [-0.39, 0.29) is 29.1 Å². The van der Waals surface area contributed by atoms with Gasteiger partial charge in [-0.15, -0.1) is 10.2 Å². The Balaban J connectivity index is 1.98. The lowest BCUT2D eigenvalue weighted by molar-refractivity contribution is 0.0701. The van der Waals surface area contributed by atoms with Crippen molar-refractivity contribution < 1.29 is 13.2 Å². The molecule has 134 valence electrons. The molecule has 1 aromatic heterocycles. The Morgan fingerprint density at radius 1 is 1.29 bits per heavy atom. The maximum Gasteiger partial charge on any atom is 0.274 e. The molecule has 1 aliphatic heterocycles. The molecule has 7 nitrogen and oxygen atoms in total. The fraction of sp³-hybridized carbons (Fsp3) is 0.688. The van der Waals surface area contributed by atoms with E-state index in [4.69, 9.17) is 0 Å². The van der Waals surface area contributed by atoms with Crippen LogP contribution >= 0.6 is 0 Å². The fourth-order valence-corrected chi connectivity index (χ4v) is 4.60. The van der Waals surface area contributed by atoms with Crippen molar-refractivity contribution in [3.8, 4) is 0 Å². The van der Waals surface area contributed by atoms with Gasteiger partial charge in [0.05, 0.1) is 11.5 Å². The Bertz CT molecular complexity index is 646. The number of carbonyl (C=O) groups excluding carboxylic acids is 1. The van der Waals surface area contributed by atoms with Gasteiger partial charge in [0.15, 0.2) is 15.5 Å². The molecular formula is C16H26N4O3S. The molecule has 0 bridgehead atoms. The summed E-state index contributed by atoms with van der Waals surface area (Å²) in [7, 11) is -3.03. The summed E-state index contributed by atoms with van der Waals surface area (Å²) in [4.78, 5) is 14.2. The fourth-order valence-electron chi connectivity index (χ4n) is 2.87. The van der Waals surface area contributed by atoms with E-state index >= 15 is 0 Å². The van der Waals surface area contributed by atoms with Gasteiger partial charge in [-0.1, -0.05) is 19.8 Å². The molecule has 0 aliphatic carbocycles. The van der Waals surface area contributed by atoms with Crippen molar-refractivity contribution in [3.05, 3.63) is 17.8 Å². The zero-order valence-corrected chi connectivity index (χ0v) is 15.2. The van der Waals surface area contributed by atoms with E-state index in [0.717, 1.165) is 25.8 Å². The highest BCUT2D eigenvalue weighted by Gasteiger charge is 2.34. The SMILES string of the molecule is CCCCCNc1ccc(C(=O)N(CC)C2CCS(=O)(=O)C2)nn1. The minimum absolute atomic E-state index is 0.0388. The number of nitrogens with one attached hydrogen (secondary N) is 1. The number of hydrogen-bond donors (Lipinski definition) is 1. The number of anilines is 1. The number of unbranched alkanes of at least 4 members (excludes halogenated alkanes) is 2. The Morgan fingerprint density at radius 3 is 2.62 bits per heavy atom. The van der Waals surface area contributed by atoms with Gasteiger partial charge in [0.2, 0.25) is 0 Å². The number of rotatable bonds is 8. The van der Waals surface area contributed by atoms with Crippen LogP contribution in [0.1, 0.15) is 50.0 Å². The van der Waals surface area contributed by atoms with Gasteiger partial charge in [-0.25, -0.2) is 8.42 Å². The van der Waals surface area contributed by atoms with Crippen molar-refractivity contribution in [1.82, 2.24) is 15.1 Å². The summed E-state index contributed by atoms with van der Waals surface area (Å²) in [5.74, 6) is 0.573. The summed E-state index contributed by atoms with van der Waals surface area (Å²) in [6, 6.07) is 3.12. The predicted molar refractivity (Wildman–Crippen MR) is 93.8 cm³/mol. The van der Waals surface area contributed by atoms with Crippen LogP contribution in [0.3, 0.4) is 0 Å². The van der Waals surface area contributed by atoms with Crippen LogP contribution in [0.5, 0.6) is 0 Å². The van der Waals surface area contributed by atoms with Crippen molar-refractivity contribution in [3.63, 3.8) is 0 Å². The first-order valence-corrected chi connectivity index (χ1v) is 10.4. The first-order chi connectivity index (χ1) is 11.5. The summed E-state index contributed by atoms with van der Waals surface area (Å²) >= 11 is 0. The molecule has 0 spiro atoms. The Kier molecular flexibility index (Phi) is 6.53. The standard InChI is InChI=1S/C16H26N4O3S/c1-3-5-6-10-17-15-8-7-14(18-19-15)16(21)20(4-2)13-9-11-24(22,23)12-13/h7-8,13H,3-6,9-12H2,1-2H3,(H,17,19). The van der Waals surface area contributed by atoms with Crippen LogP contribution < -0.4 is 5.32 Å². The minimum Gasteiger partial charge on any atom is -0.369 e. The Hall–Kier alpha value is -1.70. The van der Waals surface area contributed by atoms with Crippen LogP contribution in [0, 0.1) is 0 Å². The summed E-state index contributed by atoms with van der Waals surface area (Å²) in [5.41, 5.74) is 0.250. The molecule has 1 N–H and O–H groups in total. The maximum absolute atomic E-state index is 12.6. The molecule has 1 saturated heterocycles. The van der Waals surface area contributed by atoms with E-state index in [9.17, 15) is 13.2 Å². The summed E-state index contributed by atoms with van der Waals surface area (Å²) in [5, 5.41) is 11.2. The van der Waals surface area contributed by atoms with Crippen LogP contribution in [0.25, 0.3) is 0 Å². The quantitative estimate of drug-likeness (QED) is 0.715. The Morgan fingerprint density at radius 2 is 2.08 bits per heavy atom. The molecule has 24 heavy (non-hydrogen) atoms. The first kappa shape index (κ1) is 18.6. The molecule has 2 rings (SSSR count). The number of carbonyl (C=O) groups is 1. The summed E-state index contributed by atoms with van der Waals surface area (Å²) in [6.45, 7) is 5.28.